The van der Waals surface area contributed by atoms with Crippen molar-refractivity contribution in [2.24, 2.45) is 0 Å². The molecule has 4 heterocycles. The molecule has 7 rings (SSSR count). The molecule has 11 heteroatoms. The molecular formula is C49H57FN9Na. The molecule has 0 bridgehead atoms. The van der Waals surface area contributed by atoms with Gasteiger partial charge in [-0.15, -0.1) is 24.3 Å². The van der Waals surface area contributed by atoms with Crippen molar-refractivity contribution in [1.82, 2.24) is 34.9 Å². The van der Waals surface area contributed by atoms with E-state index in [4.69, 9.17) is 0 Å². The number of halogens is 1. The van der Waals surface area contributed by atoms with Gasteiger partial charge in [0.25, 0.3) is 0 Å². The first-order chi connectivity index (χ1) is 28.7. The number of piperazine rings is 1. The fourth-order valence-corrected chi connectivity index (χ4v) is 8.21. The van der Waals surface area contributed by atoms with Crippen LogP contribution < -0.4 is 55.8 Å². The quantitative estimate of drug-likeness (QED) is 0.0463. The molecule has 0 amide bonds. The molecule has 306 valence electrons. The summed E-state index contributed by atoms with van der Waals surface area (Å²) in [5.74, 6) is -0.117. The first kappa shape index (κ1) is 44.4. The van der Waals surface area contributed by atoms with Crippen LogP contribution in [0, 0.1) is 11.9 Å². The molecule has 6 aromatic rings. The van der Waals surface area contributed by atoms with E-state index in [9.17, 15) is 4.39 Å². The van der Waals surface area contributed by atoms with Crippen molar-refractivity contribution in [3.63, 3.8) is 0 Å². The number of aromatic nitrogens is 5. The van der Waals surface area contributed by atoms with E-state index in [0.717, 1.165) is 86.1 Å². The second-order valence-electron chi connectivity index (χ2n) is 15.7. The average Bonchev–Trinajstić information content (AvgIpc) is 3.79. The van der Waals surface area contributed by atoms with Gasteiger partial charge in [-0.1, -0.05) is 82.3 Å². The summed E-state index contributed by atoms with van der Waals surface area (Å²) in [4.78, 5) is 13.9. The van der Waals surface area contributed by atoms with E-state index in [0.29, 0.717) is 16.7 Å². The van der Waals surface area contributed by atoms with Crippen molar-refractivity contribution in [3.8, 4) is 22.6 Å². The third kappa shape index (κ3) is 10.4. The van der Waals surface area contributed by atoms with E-state index >= 15 is 0 Å². The molecule has 9 nitrogen and oxygen atoms in total. The van der Waals surface area contributed by atoms with Gasteiger partial charge < -0.3 is 25.0 Å². The van der Waals surface area contributed by atoms with E-state index in [2.05, 4.69) is 134 Å². The molecule has 3 aromatic carbocycles. The first-order valence-electron chi connectivity index (χ1n) is 21.0. The summed E-state index contributed by atoms with van der Waals surface area (Å²) in [6, 6.07) is 22.8. The van der Waals surface area contributed by atoms with Crippen LogP contribution in [0.1, 0.15) is 70.8 Å². The van der Waals surface area contributed by atoms with Crippen LogP contribution in [0.25, 0.3) is 57.6 Å². The third-order valence-corrected chi connectivity index (χ3v) is 11.6. The summed E-state index contributed by atoms with van der Waals surface area (Å²) >= 11 is 0. The molecular weight excluding hydrogens is 757 g/mol. The molecule has 60 heavy (non-hydrogen) atoms. The number of unbranched alkanes of at least 4 members (excludes halogenated alkanes) is 5. The Kier molecular flexibility index (Phi) is 15.5. The Hall–Kier alpha value is -5.16. The number of hydrogen-bond donors (Lipinski definition) is 3. The summed E-state index contributed by atoms with van der Waals surface area (Å²) in [7, 11) is 0. The van der Waals surface area contributed by atoms with E-state index < -0.39 is 5.82 Å². The summed E-state index contributed by atoms with van der Waals surface area (Å²) in [5.41, 5.74) is 7.80. The minimum atomic E-state index is -0.404. The maximum atomic E-state index is 14.4. The predicted octanol–water partition coefficient (Wildman–Crippen LogP) is 6.47. The van der Waals surface area contributed by atoms with Crippen molar-refractivity contribution in [2.45, 2.75) is 70.8 Å². The number of aromatic amines is 1. The van der Waals surface area contributed by atoms with Gasteiger partial charge in [0.15, 0.2) is 0 Å². The zero-order chi connectivity index (χ0) is 41.3. The van der Waals surface area contributed by atoms with Gasteiger partial charge in [-0.05, 0) is 69.5 Å². The number of hydrogen-bond acceptors (Lipinski definition) is 7. The smallest absolute Gasteiger partial charge is 0.385 e. The molecule has 1 saturated heterocycles. The number of allylic oxidation sites excluding steroid dienone is 2. The van der Waals surface area contributed by atoms with Crippen LogP contribution in [0.3, 0.4) is 0 Å². The summed E-state index contributed by atoms with van der Waals surface area (Å²) in [5, 5.41) is 18.6. The first-order valence-corrected chi connectivity index (χ1v) is 21.0. The number of rotatable bonds is 20. The topological polar surface area (TPSA) is 89.9 Å². The van der Waals surface area contributed by atoms with Gasteiger partial charge in [0.2, 0.25) is 0 Å². The Morgan fingerprint density at radius 1 is 0.933 bits per heavy atom. The van der Waals surface area contributed by atoms with E-state index in [-0.39, 0.29) is 47.0 Å². The van der Waals surface area contributed by atoms with Gasteiger partial charge in [0.1, 0.15) is 16.7 Å². The minimum Gasteiger partial charge on any atom is -0.385 e. The van der Waals surface area contributed by atoms with Crippen LogP contribution in [-0.4, -0.2) is 62.4 Å². The molecule has 1 unspecified atom stereocenters. The molecule has 3 N–H and O–H groups in total. The summed E-state index contributed by atoms with van der Waals surface area (Å²) in [6.07, 6.45) is 13.5. The molecule has 0 saturated carbocycles. The molecule has 0 aliphatic carbocycles. The van der Waals surface area contributed by atoms with Crippen LogP contribution in [0.4, 0.5) is 15.8 Å². The van der Waals surface area contributed by atoms with Crippen molar-refractivity contribution in [3.05, 3.63) is 127 Å². The largest absolute Gasteiger partial charge is 1.00 e. The Bertz CT molecular complexity index is 2520. The summed E-state index contributed by atoms with van der Waals surface area (Å²) in [6.45, 7) is 28.1. The van der Waals surface area contributed by atoms with E-state index in [1.165, 1.54) is 60.3 Å². The standard InChI is InChI=1S/C49H57FN9.Na/c1-7-51-34(2)19-20-36(4)59-37(5)42-26-23-40(32-44(42)38(59)6)52-27-15-11-9-8-10-12-16-35(3)57-28-30-58(31-29-57)41-24-21-39(22-25-41)47-48-46(55-56-47)33-53-49(54-48)43-17-13-14-18-45(43)50;/h7,13-14,18,21-26,32-33,36,51-52H,1-3,5-6,8-12,15-16,19-20,27-31H2,4H3,(H,55,56);/q-1;+1. The normalized spacial score (nSPS) is 13.3. The van der Waals surface area contributed by atoms with Crippen molar-refractivity contribution in [1.29, 1.82) is 0 Å². The third-order valence-electron chi connectivity index (χ3n) is 11.6. The molecule has 3 aromatic heterocycles. The van der Waals surface area contributed by atoms with Crippen molar-refractivity contribution >= 4 is 46.3 Å². The molecule has 1 aliphatic rings. The number of fused-ring (bicyclic) bond motifs is 2. The zero-order valence-electron chi connectivity index (χ0n) is 35.5. The maximum absolute atomic E-state index is 14.4. The average molecular weight is 814 g/mol. The zero-order valence-corrected chi connectivity index (χ0v) is 37.5. The van der Waals surface area contributed by atoms with Gasteiger partial charge in [0, 0.05) is 101 Å². The van der Waals surface area contributed by atoms with Gasteiger partial charge in [-0.3, -0.25) is 19.5 Å². The van der Waals surface area contributed by atoms with Crippen LogP contribution in [-0.2, 0) is 0 Å². The van der Waals surface area contributed by atoms with Crippen LogP contribution in [0.5, 0.6) is 0 Å². The van der Waals surface area contributed by atoms with E-state index in [1.807, 2.05) is 0 Å². The van der Waals surface area contributed by atoms with Gasteiger partial charge in [0.05, 0.1) is 5.82 Å². The number of H-pyrrole nitrogens is 1. The Labute approximate surface area is 376 Å². The second kappa shape index (κ2) is 20.9. The number of nitrogens with one attached hydrogen (secondary N) is 3. The second-order valence-corrected chi connectivity index (χ2v) is 15.7. The Morgan fingerprint density at radius 2 is 1.67 bits per heavy atom. The van der Waals surface area contributed by atoms with Crippen molar-refractivity contribution in [2.75, 3.05) is 42.9 Å². The number of anilines is 2. The molecule has 1 atom stereocenters. The van der Waals surface area contributed by atoms with Crippen molar-refractivity contribution < 1.29 is 33.9 Å². The van der Waals surface area contributed by atoms with Crippen LogP contribution in [0.2, 0.25) is 0 Å². The van der Waals surface area contributed by atoms with Gasteiger partial charge >= 0.3 is 29.6 Å². The van der Waals surface area contributed by atoms with Crippen LogP contribution in [0.15, 0.2) is 104 Å². The molecule has 1 aliphatic heterocycles. The number of benzene rings is 3. The Morgan fingerprint density at radius 3 is 2.42 bits per heavy atom. The van der Waals surface area contributed by atoms with Gasteiger partial charge in [-0.25, -0.2) is 0 Å². The van der Waals surface area contributed by atoms with Crippen LogP contribution >= 0.6 is 0 Å². The summed E-state index contributed by atoms with van der Waals surface area (Å²) < 4.78 is 16.7. The molecule has 0 radical (unpaired) electrons. The molecule has 0 spiro atoms. The Balaban J connectivity index is 0.00000604. The maximum Gasteiger partial charge on any atom is 1.00 e. The monoisotopic (exact) mass is 813 g/mol. The predicted molar refractivity (Wildman–Crippen MR) is 244 cm³/mol. The van der Waals surface area contributed by atoms with E-state index in [1.54, 1.807) is 24.5 Å². The molecule has 1 fully saturated rings. The fraction of sp³-hybridized carbons (Fsp3) is 0.327. The van der Waals surface area contributed by atoms with Gasteiger partial charge in [-0.2, -0.15) is 5.10 Å². The SMILES string of the molecule is C=CNC(=C)CCC(C)n1c(=C)c2ccc(NCCCCCCCCC(=C)N3CCN(c4ccc(-c5n[nH]c6cnc(-c7[c-]cccc7F)nc56)cc4)CC3)cc2c1=C.[Na+]. The number of nitrogens with zero attached hydrogens (tertiary/aromatic N) is 6. The minimum absolute atomic E-state index is 0. The fourth-order valence-electron chi connectivity index (χ4n) is 8.21.